The van der Waals surface area contributed by atoms with Gasteiger partial charge in [-0.15, -0.1) is 0 Å². The number of guanidine groups is 1. The molecule has 1 aliphatic heterocycles. The zero-order valence-corrected chi connectivity index (χ0v) is 17.3. The van der Waals surface area contributed by atoms with Gasteiger partial charge in [-0.1, -0.05) is 6.07 Å². The molecule has 0 aliphatic carbocycles. The first-order valence-corrected chi connectivity index (χ1v) is 9.83. The quantitative estimate of drug-likeness (QED) is 0.422. The van der Waals surface area contributed by atoms with Crippen LogP contribution in [0.1, 0.15) is 5.56 Å². The standard InChI is InChI=1S/C21H27F2N5O2/c1-24-21(26-15-16-4-3-7-25-20(16)30-13-12-29-2)28-10-8-27(9-11-28)19-14-17(22)5-6-18(19)23/h3-7,14H,8-13,15H2,1-2H3,(H,24,26). The van der Waals surface area contributed by atoms with Crippen molar-refractivity contribution in [2.24, 2.45) is 4.99 Å². The molecule has 3 rings (SSSR count). The molecule has 1 saturated heterocycles. The van der Waals surface area contributed by atoms with E-state index in [0.717, 1.165) is 23.7 Å². The topological polar surface area (TPSA) is 62.2 Å². The van der Waals surface area contributed by atoms with Crippen LogP contribution in [0.15, 0.2) is 41.5 Å². The second-order valence-corrected chi connectivity index (χ2v) is 6.78. The van der Waals surface area contributed by atoms with Gasteiger partial charge in [-0.2, -0.15) is 0 Å². The van der Waals surface area contributed by atoms with Crippen LogP contribution < -0.4 is 15.0 Å². The van der Waals surface area contributed by atoms with E-state index < -0.39 is 11.6 Å². The number of anilines is 1. The van der Waals surface area contributed by atoms with Crippen LogP contribution in [-0.2, 0) is 11.3 Å². The lowest BCUT2D eigenvalue weighted by atomic mass is 10.2. The van der Waals surface area contributed by atoms with Crippen molar-refractivity contribution in [3.63, 3.8) is 0 Å². The summed E-state index contributed by atoms with van der Waals surface area (Å²) in [5.41, 5.74) is 1.21. The van der Waals surface area contributed by atoms with Crippen molar-refractivity contribution < 1.29 is 18.3 Å². The van der Waals surface area contributed by atoms with E-state index in [0.29, 0.717) is 57.5 Å². The van der Waals surface area contributed by atoms with Gasteiger partial charge in [0, 0.05) is 64.7 Å². The largest absolute Gasteiger partial charge is 0.475 e. The Morgan fingerprint density at radius 3 is 2.70 bits per heavy atom. The van der Waals surface area contributed by atoms with E-state index in [1.54, 1.807) is 20.4 Å². The first-order valence-electron chi connectivity index (χ1n) is 9.83. The van der Waals surface area contributed by atoms with E-state index in [2.05, 4.69) is 20.2 Å². The Hall–Kier alpha value is -2.94. The maximum atomic E-state index is 14.0. The second-order valence-electron chi connectivity index (χ2n) is 6.78. The van der Waals surface area contributed by atoms with Gasteiger partial charge in [-0.25, -0.2) is 13.8 Å². The summed E-state index contributed by atoms with van der Waals surface area (Å²) in [6, 6.07) is 7.34. The van der Waals surface area contributed by atoms with Crippen LogP contribution in [0, 0.1) is 11.6 Å². The lowest BCUT2D eigenvalue weighted by Crippen LogP contribution is -2.52. The number of methoxy groups -OCH3 is 1. The molecule has 0 bridgehead atoms. The van der Waals surface area contributed by atoms with Gasteiger partial charge < -0.3 is 24.6 Å². The lowest BCUT2D eigenvalue weighted by molar-refractivity contribution is 0.143. The summed E-state index contributed by atoms with van der Waals surface area (Å²) in [6.45, 7) is 3.83. The molecule has 30 heavy (non-hydrogen) atoms. The summed E-state index contributed by atoms with van der Waals surface area (Å²) < 4.78 is 38.2. The molecule has 1 aromatic carbocycles. The molecule has 2 aromatic rings. The second kappa shape index (κ2) is 10.7. The highest BCUT2D eigenvalue weighted by atomic mass is 19.1. The summed E-state index contributed by atoms with van der Waals surface area (Å²) in [7, 11) is 3.34. The molecule has 0 atom stereocenters. The highest BCUT2D eigenvalue weighted by molar-refractivity contribution is 5.80. The van der Waals surface area contributed by atoms with Crippen molar-refractivity contribution in [2.45, 2.75) is 6.54 Å². The van der Waals surface area contributed by atoms with Gasteiger partial charge in [0.25, 0.3) is 0 Å². The smallest absolute Gasteiger partial charge is 0.218 e. The Morgan fingerprint density at radius 1 is 1.17 bits per heavy atom. The molecule has 1 aromatic heterocycles. The highest BCUT2D eigenvalue weighted by Gasteiger charge is 2.22. The predicted molar refractivity (Wildman–Crippen MR) is 112 cm³/mol. The van der Waals surface area contributed by atoms with Crippen molar-refractivity contribution >= 4 is 11.6 Å². The van der Waals surface area contributed by atoms with Crippen LogP contribution in [-0.4, -0.2) is 69.4 Å². The molecule has 0 spiro atoms. The molecule has 1 N–H and O–H groups in total. The first-order chi connectivity index (χ1) is 14.6. The molecule has 0 saturated carbocycles. The fourth-order valence-corrected chi connectivity index (χ4v) is 3.30. The number of nitrogens with zero attached hydrogens (tertiary/aromatic N) is 4. The SMILES string of the molecule is CN=C(NCc1cccnc1OCCOC)N1CCN(c2cc(F)ccc2F)CC1. The number of hydrogen-bond acceptors (Lipinski definition) is 5. The number of nitrogens with one attached hydrogen (secondary N) is 1. The molecular formula is C21H27F2N5O2. The number of halogens is 2. The minimum atomic E-state index is -0.439. The summed E-state index contributed by atoms with van der Waals surface area (Å²) in [5.74, 6) is 0.446. The normalized spacial score (nSPS) is 14.7. The lowest BCUT2D eigenvalue weighted by Gasteiger charge is -2.37. The first kappa shape index (κ1) is 21.8. The van der Waals surface area contributed by atoms with Gasteiger partial charge in [0.1, 0.15) is 18.2 Å². The molecule has 162 valence electrons. The Morgan fingerprint density at radius 2 is 1.97 bits per heavy atom. The van der Waals surface area contributed by atoms with Crippen molar-refractivity contribution in [1.82, 2.24) is 15.2 Å². The Labute approximate surface area is 175 Å². The number of piperazine rings is 1. The van der Waals surface area contributed by atoms with Crippen LogP contribution in [0.2, 0.25) is 0 Å². The van der Waals surface area contributed by atoms with Gasteiger partial charge in [0.05, 0.1) is 12.3 Å². The molecule has 2 heterocycles. The number of aliphatic imine (C=N–C) groups is 1. The highest BCUT2D eigenvalue weighted by Crippen LogP contribution is 2.22. The fraction of sp³-hybridized carbons (Fsp3) is 0.429. The maximum Gasteiger partial charge on any atom is 0.218 e. The van der Waals surface area contributed by atoms with Gasteiger partial charge in [0.2, 0.25) is 5.88 Å². The minimum Gasteiger partial charge on any atom is -0.475 e. The fourth-order valence-electron chi connectivity index (χ4n) is 3.30. The number of pyridine rings is 1. The monoisotopic (exact) mass is 419 g/mol. The Balaban J connectivity index is 1.56. The van der Waals surface area contributed by atoms with Crippen LogP contribution in [0.3, 0.4) is 0 Å². The molecule has 1 aliphatic rings. The number of ether oxygens (including phenoxy) is 2. The third-order valence-corrected chi connectivity index (χ3v) is 4.85. The van der Waals surface area contributed by atoms with Crippen molar-refractivity contribution in [2.75, 3.05) is 58.5 Å². The van der Waals surface area contributed by atoms with Crippen molar-refractivity contribution in [3.8, 4) is 5.88 Å². The van der Waals surface area contributed by atoms with Gasteiger partial charge in [0.15, 0.2) is 5.96 Å². The van der Waals surface area contributed by atoms with Crippen LogP contribution >= 0.6 is 0 Å². The minimum absolute atomic E-state index is 0.297. The van der Waals surface area contributed by atoms with E-state index in [9.17, 15) is 8.78 Å². The molecule has 0 radical (unpaired) electrons. The van der Waals surface area contributed by atoms with E-state index in [4.69, 9.17) is 9.47 Å². The predicted octanol–water partition coefficient (Wildman–Crippen LogP) is 2.28. The van der Waals surface area contributed by atoms with Crippen LogP contribution in [0.4, 0.5) is 14.5 Å². The molecular weight excluding hydrogens is 392 g/mol. The van der Waals surface area contributed by atoms with Crippen LogP contribution in [0.25, 0.3) is 0 Å². The summed E-state index contributed by atoms with van der Waals surface area (Å²) in [6.07, 6.45) is 1.69. The molecule has 0 unspecified atom stereocenters. The van der Waals surface area contributed by atoms with E-state index in [1.165, 1.54) is 6.07 Å². The third-order valence-electron chi connectivity index (χ3n) is 4.85. The average Bonchev–Trinajstić information content (AvgIpc) is 2.77. The van der Waals surface area contributed by atoms with Crippen molar-refractivity contribution in [1.29, 1.82) is 0 Å². The number of aromatic nitrogens is 1. The third kappa shape index (κ3) is 5.56. The van der Waals surface area contributed by atoms with Gasteiger partial charge in [-0.05, 0) is 18.2 Å². The summed E-state index contributed by atoms with van der Waals surface area (Å²) in [5, 5.41) is 3.33. The number of hydrogen-bond donors (Lipinski definition) is 1. The van der Waals surface area contributed by atoms with Crippen LogP contribution in [0.5, 0.6) is 5.88 Å². The zero-order valence-electron chi connectivity index (χ0n) is 17.3. The zero-order chi connectivity index (χ0) is 21.3. The Bertz CT molecular complexity index is 857. The van der Waals surface area contributed by atoms with E-state index in [-0.39, 0.29) is 0 Å². The molecule has 1 fully saturated rings. The Kier molecular flexibility index (Phi) is 7.78. The number of rotatable bonds is 7. The maximum absolute atomic E-state index is 14.0. The summed E-state index contributed by atoms with van der Waals surface area (Å²) in [4.78, 5) is 12.6. The van der Waals surface area contributed by atoms with E-state index >= 15 is 0 Å². The van der Waals surface area contributed by atoms with E-state index in [1.807, 2.05) is 17.0 Å². The van der Waals surface area contributed by atoms with Gasteiger partial charge in [-0.3, -0.25) is 4.99 Å². The average molecular weight is 419 g/mol. The molecule has 0 amide bonds. The van der Waals surface area contributed by atoms with Gasteiger partial charge >= 0.3 is 0 Å². The molecule has 7 nitrogen and oxygen atoms in total. The molecule has 9 heteroatoms. The van der Waals surface area contributed by atoms with Crippen molar-refractivity contribution in [3.05, 3.63) is 53.7 Å². The summed E-state index contributed by atoms with van der Waals surface area (Å²) >= 11 is 0. The number of benzene rings is 1.